The number of rotatable bonds is 4. The Morgan fingerprint density at radius 3 is 2.56 bits per heavy atom. The summed E-state index contributed by atoms with van der Waals surface area (Å²) in [6.45, 7) is 0. The Hall–Kier alpha value is -2.21. The lowest BCUT2D eigenvalue weighted by Crippen LogP contribution is -2.14. The fourth-order valence-corrected chi connectivity index (χ4v) is 1.49. The monoisotopic (exact) mass is 246 g/mol. The van der Waals surface area contributed by atoms with Crippen LogP contribution < -0.4 is 15.2 Å². The van der Waals surface area contributed by atoms with Crippen molar-refractivity contribution in [1.29, 1.82) is 0 Å². The second-order valence-electron chi connectivity index (χ2n) is 3.64. The molecule has 1 atom stereocenters. The van der Waals surface area contributed by atoms with Gasteiger partial charge in [0.15, 0.2) is 0 Å². The van der Waals surface area contributed by atoms with Crippen molar-refractivity contribution in [3.05, 3.63) is 41.9 Å². The summed E-state index contributed by atoms with van der Waals surface area (Å²) in [5.74, 6) is 1.11. The van der Waals surface area contributed by atoms with Crippen molar-refractivity contribution in [3.63, 3.8) is 0 Å². The lowest BCUT2D eigenvalue weighted by atomic mass is 10.1. The Labute approximate surface area is 105 Å². The van der Waals surface area contributed by atoms with Gasteiger partial charge in [0.25, 0.3) is 0 Å². The standard InChI is InChI=1S/C12H14N4O2/c1-17-9-5-8(6-14-7-9)12(13)10-3-4-11(18-2)16-15-10/h3-7,12H,13H2,1-2H3. The van der Waals surface area contributed by atoms with E-state index < -0.39 is 6.04 Å². The summed E-state index contributed by atoms with van der Waals surface area (Å²) in [5, 5.41) is 7.90. The zero-order valence-corrected chi connectivity index (χ0v) is 10.2. The van der Waals surface area contributed by atoms with Crippen molar-refractivity contribution >= 4 is 0 Å². The molecule has 0 amide bonds. The zero-order valence-electron chi connectivity index (χ0n) is 10.2. The van der Waals surface area contributed by atoms with Crippen molar-refractivity contribution in [2.75, 3.05) is 14.2 Å². The van der Waals surface area contributed by atoms with Crippen LogP contribution in [0.15, 0.2) is 30.6 Å². The Kier molecular flexibility index (Phi) is 3.69. The highest BCUT2D eigenvalue weighted by molar-refractivity contribution is 5.31. The summed E-state index contributed by atoms with van der Waals surface area (Å²) in [4.78, 5) is 4.06. The Bertz CT molecular complexity index is 516. The largest absolute Gasteiger partial charge is 0.495 e. The molecule has 0 saturated heterocycles. The predicted octanol–water partition coefficient (Wildman–Crippen LogP) is 0.937. The molecule has 0 bridgehead atoms. The third-order valence-corrected chi connectivity index (χ3v) is 2.52. The van der Waals surface area contributed by atoms with Gasteiger partial charge in [-0.3, -0.25) is 4.98 Å². The highest BCUT2D eigenvalue weighted by atomic mass is 16.5. The Morgan fingerprint density at radius 2 is 1.94 bits per heavy atom. The molecule has 0 spiro atoms. The third-order valence-electron chi connectivity index (χ3n) is 2.52. The molecule has 0 fully saturated rings. The summed E-state index contributed by atoms with van der Waals surface area (Å²) in [6.07, 6.45) is 3.30. The van der Waals surface area contributed by atoms with Crippen LogP contribution in [0.1, 0.15) is 17.3 Å². The third kappa shape index (κ3) is 2.54. The summed E-state index contributed by atoms with van der Waals surface area (Å²) in [7, 11) is 3.12. The molecule has 2 rings (SSSR count). The lowest BCUT2D eigenvalue weighted by Gasteiger charge is -2.11. The van der Waals surface area contributed by atoms with Gasteiger partial charge in [0.1, 0.15) is 5.75 Å². The van der Waals surface area contributed by atoms with Gasteiger partial charge in [-0.25, -0.2) is 0 Å². The maximum atomic E-state index is 6.09. The van der Waals surface area contributed by atoms with Gasteiger partial charge in [0, 0.05) is 12.3 Å². The molecule has 18 heavy (non-hydrogen) atoms. The summed E-state index contributed by atoms with van der Waals surface area (Å²) < 4.78 is 10.0. The van der Waals surface area contributed by atoms with Crippen LogP contribution in [-0.2, 0) is 0 Å². The highest BCUT2D eigenvalue weighted by Crippen LogP contribution is 2.20. The normalized spacial score (nSPS) is 11.9. The molecule has 0 aromatic carbocycles. The van der Waals surface area contributed by atoms with E-state index in [2.05, 4.69) is 15.2 Å². The van der Waals surface area contributed by atoms with E-state index in [-0.39, 0.29) is 0 Å². The molecule has 6 heteroatoms. The molecule has 0 radical (unpaired) electrons. The van der Waals surface area contributed by atoms with E-state index in [4.69, 9.17) is 15.2 Å². The van der Waals surface area contributed by atoms with E-state index in [9.17, 15) is 0 Å². The number of nitrogens with two attached hydrogens (primary N) is 1. The van der Waals surface area contributed by atoms with Crippen molar-refractivity contribution in [3.8, 4) is 11.6 Å². The van der Waals surface area contributed by atoms with Gasteiger partial charge in [0.05, 0.1) is 32.2 Å². The Morgan fingerprint density at radius 1 is 1.11 bits per heavy atom. The van der Waals surface area contributed by atoms with Gasteiger partial charge in [-0.1, -0.05) is 0 Å². The minimum absolute atomic E-state index is 0.397. The molecule has 94 valence electrons. The van der Waals surface area contributed by atoms with Crippen molar-refractivity contribution in [2.45, 2.75) is 6.04 Å². The molecule has 2 heterocycles. The second-order valence-corrected chi connectivity index (χ2v) is 3.64. The second kappa shape index (κ2) is 5.42. The van der Waals surface area contributed by atoms with Crippen molar-refractivity contribution < 1.29 is 9.47 Å². The van der Waals surface area contributed by atoms with Gasteiger partial charge in [-0.15, -0.1) is 10.2 Å². The minimum Gasteiger partial charge on any atom is -0.495 e. The first-order chi connectivity index (χ1) is 8.74. The quantitative estimate of drug-likeness (QED) is 0.864. The van der Waals surface area contributed by atoms with Crippen molar-refractivity contribution in [2.24, 2.45) is 5.73 Å². The average molecular weight is 246 g/mol. The molecule has 1 unspecified atom stereocenters. The van der Waals surface area contributed by atoms with Gasteiger partial charge in [-0.2, -0.15) is 0 Å². The van der Waals surface area contributed by atoms with Crippen LogP contribution in [0, 0.1) is 0 Å². The smallest absolute Gasteiger partial charge is 0.233 e. The molecule has 0 saturated carbocycles. The van der Waals surface area contributed by atoms with E-state index in [1.165, 1.54) is 7.11 Å². The summed E-state index contributed by atoms with van der Waals surface area (Å²) in [5.41, 5.74) is 7.55. The maximum absolute atomic E-state index is 6.09. The van der Waals surface area contributed by atoms with Gasteiger partial charge < -0.3 is 15.2 Å². The van der Waals surface area contributed by atoms with Crippen LogP contribution in [-0.4, -0.2) is 29.4 Å². The van der Waals surface area contributed by atoms with Gasteiger partial charge in [-0.05, 0) is 17.7 Å². The number of hydrogen-bond donors (Lipinski definition) is 1. The number of methoxy groups -OCH3 is 2. The van der Waals surface area contributed by atoms with Crippen LogP contribution >= 0.6 is 0 Å². The molecule has 2 N–H and O–H groups in total. The first-order valence-corrected chi connectivity index (χ1v) is 5.36. The topological polar surface area (TPSA) is 83.2 Å². The minimum atomic E-state index is -0.397. The van der Waals surface area contributed by atoms with Gasteiger partial charge in [0.2, 0.25) is 5.88 Å². The van der Waals surface area contributed by atoms with E-state index >= 15 is 0 Å². The molecule has 0 aliphatic heterocycles. The van der Waals surface area contributed by atoms with Gasteiger partial charge >= 0.3 is 0 Å². The summed E-state index contributed by atoms with van der Waals surface area (Å²) >= 11 is 0. The van der Waals surface area contributed by atoms with Crippen LogP contribution in [0.4, 0.5) is 0 Å². The maximum Gasteiger partial charge on any atom is 0.233 e. The van der Waals surface area contributed by atoms with E-state index in [0.717, 1.165) is 5.56 Å². The Balaban J connectivity index is 2.25. The van der Waals surface area contributed by atoms with Crippen molar-refractivity contribution in [1.82, 2.24) is 15.2 Å². The first-order valence-electron chi connectivity index (χ1n) is 5.36. The number of aromatic nitrogens is 3. The molecular formula is C12H14N4O2. The van der Waals surface area contributed by atoms with Crippen LogP contribution in [0.2, 0.25) is 0 Å². The van der Waals surface area contributed by atoms with E-state index in [1.807, 2.05) is 6.07 Å². The van der Waals surface area contributed by atoms with Crippen LogP contribution in [0.5, 0.6) is 11.6 Å². The first kappa shape index (κ1) is 12.3. The molecule has 0 aliphatic rings. The number of hydrogen-bond acceptors (Lipinski definition) is 6. The fraction of sp³-hybridized carbons (Fsp3) is 0.250. The lowest BCUT2D eigenvalue weighted by molar-refractivity contribution is 0.390. The number of pyridine rings is 1. The summed E-state index contributed by atoms with van der Waals surface area (Å²) in [6, 6.07) is 4.92. The molecule has 6 nitrogen and oxygen atoms in total. The van der Waals surface area contributed by atoms with E-state index in [1.54, 1.807) is 31.6 Å². The highest BCUT2D eigenvalue weighted by Gasteiger charge is 2.12. The van der Waals surface area contributed by atoms with E-state index in [0.29, 0.717) is 17.3 Å². The fourth-order valence-electron chi connectivity index (χ4n) is 1.49. The molecule has 2 aromatic heterocycles. The molecule has 0 aliphatic carbocycles. The predicted molar refractivity (Wildman–Crippen MR) is 65.4 cm³/mol. The van der Waals surface area contributed by atoms with Crippen LogP contribution in [0.25, 0.3) is 0 Å². The van der Waals surface area contributed by atoms with Crippen LogP contribution in [0.3, 0.4) is 0 Å². The molecule has 2 aromatic rings. The zero-order chi connectivity index (χ0) is 13.0. The number of ether oxygens (including phenoxy) is 2. The average Bonchev–Trinajstić information content (AvgIpc) is 2.46. The number of nitrogens with zero attached hydrogens (tertiary/aromatic N) is 3. The molecular weight excluding hydrogens is 232 g/mol. The SMILES string of the molecule is COc1cncc(C(N)c2ccc(OC)nn2)c1.